The molecule has 0 radical (unpaired) electrons. The molecule has 2 amide bonds. The van der Waals surface area contributed by atoms with Crippen LogP contribution in [-0.2, 0) is 22.8 Å². The molecule has 3 rings (SSSR count). The zero-order valence-corrected chi connectivity index (χ0v) is 16.8. The van der Waals surface area contributed by atoms with Crippen LogP contribution in [-0.4, -0.2) is 29.0 Å². The van der Waals surface area contributed by atoms with Crippen LogP contribution >= 0.6 is 0 Å². The number of carbonyl (C=O) groups is 3. The lowest BCUT2D eigenvalue weighted by Crippen LogP contribution is -2.35. The number of rotatable bonds is 6. The lowest BCUT2D eigenvalue weighted by molar-refractivity contribution is -0.137. The van der Waals surface area contributed by atoms with Gasteiger partial charge in [-0.25, -0.2) is 4.79 Å². The zero-order valence-electron chi connectivity index (χ0n) is 16.8. The number of anilines is 2. The van der Waals surface area contributed by atoms with Gasteiger partial charge in [0.05, 0.1) is 16.8 Å². The number of hydrogen-bond acceptors (Lipinski definition) is 5. The van der Waals surface area contributed by atoms with Crippen molar-refractivity contribution in [2.45, 2.75) is 6.18 Å². The molecule has 0 unspecified atom stereocenters. The number of ether oxygens (including phenoxy) is 1. The summed E-state index contributed by atoms with van der Waals surface area (Å²) in [4.78, 5) is 36.4. The average molecular weight is 445 g/mol. The lowest BCUT2D eigenvalue weighted by atomic mass is 10.1. The molecule has 0 spiro atoms. The van der Waals surface area contributed by atoms with Crippen LogP contribution < -0.4 is 10.6 Å². The number of alkyl halides is 3. The molecule has 0 fully saturated rings. The molecule has 32 heavy (non-hydrogen) atoms. The van der Waals surface area contributed by atoms with Gasteiger partial charge in [0.2, 0.25) is 0 Å². The van der Waals surface area contributed by atoms with Crippen LogP contribution in [0.4, 0.5) is 24.5 Å². The number of aromatic nitrogens is 1. The Morgan fingerprint density at radius 2 is 1.75 bits per heavy atom. The van der Waals surface area contributed by atoms with Gasteiger partial charge in [-0.3, -0.25) is 14.9 Å². The molecular weight excluding hydrogens is 427 g/mol. The first kappa shape index (κ1) is 22.6. The predicted octanol–water partition coefficient (Wildman–Crippen LogP) is 3.90. The Hall–Kier alpha value is -4.08. The second-order valence-corrected chi connectivity index (χ2v) is 6.71. The Morgan fingerprint density at radius 1 is 1.00 bits per heavy atom. The van der Waals surface area contributed by atoms with Gasteiger partial charge >= 0.3 is 12.1 Å². The van der Waals surface area contributed by atoms with Crippen molar-refractivity contribution in [3.05, 3.63) is 83.7 Å². The number of esters is 1. The molecule has 2 N–H and O–H groups in total. The van der Waals surface area contributed by atoms with Gasteiger partial charge in [0, 0.05) is 18.9 Å². The van der Waals surface area contributed by atoms with E-state index in [-0.39, 0.29) is 22.6 Å². The summed E-state index contributed by atoms with van der Waals surface area (Å²) in [5.41, 5.74) is -0.281. The minimum Gasteiger partial charge on any atom is -0.452 e. The van der Waals surface area contributed by atoms with E-state index >= 15 is 0 Å². The molecule has 0 aliphatic rings. The third-order valence-corrected chi connectivity index (χ3v) is 4.38. The molecule has 10 heteroatoms. The van der Waals surface area contributed by atoms with Gasteiger partial charge in [0.1, 0.15) is 5.69 Å². The van der Waals surface area contributed by atoms with Gasteiger partial charge < -0.3 is 14.6 Å². The number of para-hydroxylation sites is 1. The van der Waals surface area contributed by atoms with Gasteiger partial charge in [-0.15, -0.1) is 0 Å². The minimum absolute atomic E-state index is 0.00599. The first-order valence-electron chi connectivity index (χ1n) is 9.31. The largest absolute Gasteiger partial charge is 0.452 e. The quantitative estimate of drug-likeness (QED) is 0.562. The molecular formula is C22H18F3N3O4. The van der Waals surface area contributed by atoms with Crippen molar-refractivity contribution in [1.29, 1.82) is 0 Å². The van der Waals surface area contributed by atoms with Gasteiger partial charge in [-0.1, -0.05) is 18.2 Å². The second kappa shape index (κ2) is 9.38. The first-order chi connectivity index (χ1) is 15.1. The van der Waals surface area contributed by atoms with Gasteiger partial charge in [0.25, 0.3) is 11.8 Å². The molecule has 0 aliphatic carbocycles. The maximum absolute atomic E-state index is 12.9. The van der Waals surface area contributed by atoms with Crippen molar-refractivity contribution in [1.82, 2.24) is 9.88 Å². The van der Waals surface area contributed by atoms with Crippen LogP contribution in [0.2, 0.25) is 0 Å². The summed E-state index contributed by atoms with van der Waals surface area (Å²) in [6.07, 6.45) is -2.88. The number of nitrogens with zero attached hydrogens (tertiary/aromatic N) is 1. The average Bonchev–Trinajstić information content (AvgIpc) is 3.18. The van der Waals surface area contributed by atoms with Gasteiger partial charge in [0.15, 0.2) is 6.61 Å². The van der Waals surface area contributed by atoms with E-state index in [2.05, 4.69) is 10.6 Å². The van der Waals surface area contributed by atoms with Crippen LogP contribution in [0, 0.1) is 0 Å². The molecule has 1 aromatic heterocycles. The first-order valence-corrected chi connectivity index (χ1v) is 9.31. The Bertz CT molecular complexity index is 1160. The maximum Gasteiger partial charge on any atom is 0.416 e. The number of nitrogens with one attached hydrogen (secondary N) is 2. The van der Waals surface area contributed by atoms with Gasteiger partial charge in [-0.2, -0.15) is 13.2 Å². The smallest absolute Gasteiger partial charge is 0.416 e. The highest BCUT2D eigenvalue weighted by Crippen LogP contribution is 2.32. The summed E-state index contributed by atoms with van der Waals surface area (Å²) in [5, 5.41) is 4.86. The molecule has 166 valence electrons. The summed E-state index contributed by atoms with van der Waals surface area (Å²) >= 11 is 0. The molecule has 0 saturated carbocycles. The summed E-state index contributed by atoms with van der Waals surface area (Å²) in [6, 6.07) is 13.6. The van der Waals surface area contributed by atoms with Crippen LogP contribution in [0.25, 0.3) is 0 Å². The number of carbonyl (C=O) groups excluding carboxylic acids is 3. The van der Waals surface area contributed by atoms with Crippen LogP contribution in [0.5, 0.6) is 0 Å². The van der Waals surface area contributed by atoms with E-state index in [1.54, 1.807) is 25.4 Å². The third kappa shape index (κ3) is 5.54. The van der Waals surface area contributed by atoms with E-state index in [9.17, 15) is 27.6 Å². The van der Waals surface area contributed by atoms with Crippen molar-refractivity contribution in [3.63, 3.8) is 0 Å². The normalized spacial score (nSPS) is 11.0. The zero-order chi connectivity index (χ0) is 23.3. The van der Waals surface area contributed by atoms with E-state index in [0.29, 0.717) is 0 Å². The van der Waals surface area contributed by atoms with E-state index in [0.717, 1.165) is 12.1 Å². The van der Waals surface area contributed by atoms with E-state index in [1.165, 1.54) is 41.0 Å². The molecule has 7 nitrogen and oxygen atoms in total. The summed E-state index contributed by atoms with van der Waals surface area (Å²) in [6.45, 7) is -0.715. The van der Waals surface area contributed by atoms with Crippen LogP contribution in [0.3, 0.4) is 0 Å². The SMILES string of the molecule is Cn1cccc1C(=O)NC(=O)COC(=O)c1ccccc1Nc1cccc(C(F)(F)F)c1. The number of imide groups is 1. The Balaban J connectivity index is 1.65. The fourth-order valence-corrected chi connectivity index (χ4v) is 2.83. The highest BCUT2D eigenvalue weighted by molar-refractivity contribution is 6.05. The maximum atomic E-state index is 12.9. The van der Waals surface area contributed by atoms with E-state index < -0.39 is 36.1 Å². The standard InChI is InChI=1S/C22H18F3N3O4/c1-28-11-5-10-18(28)20(30)27-19(29)13-32-21(31)16-8-2-3-9-17(16)26-15-7-4-6-14(12-15)22(23,24)25/h2-12,26H,13H2,1H3,(H,27,29,30). The molecule has 0 aliphatic heterocycles. The summed E-state index contributed by atoms with van der Waals surface area (Å²) < 4.78 is 45.3. The van der Waals surface area contributed by atoms with Crippen molar-refractivity contribution in [2.24, 2.45) is 7.05 Å². The summed E-state index contributed by atoms with van der Waals surface area (Å²) in [5.74, 6) is -2.36. The predicted molar refractivity (Wildman–Crippen MR) is 109 cm³/mol. The Labute approximate surface area is 180 Å². The number of benzene rings is 2. The number of halogens is 3. The van der Waals surface area contributed by atoms with E-state index in [1.807, 2.05) is 0 Å². The molecule has 0 atom stereocenters. The summed E-state index contributed by atoms with van der Waals surface area (Å²) in [7, 11) is 1.63. The molecule has 3 aromatic rings. The van der Waals surface area contributed by atoms with Crippen molar-refractivity contribution < 1.29 is 32.3 Å². The lowest BCUT2D eigenvalue weighted by Gasteiger charge is -2.13. The third-order valence-electron chi connectivity index (χ3n) is 4.38. The molecule has 2 aromatic carbocycles. The fraction of sp³-hybridized carbons (Fsp3) is 0.136. The highest BCUT2D eigenvalue weighted by Gasteiger charge is 2.30. The van der Waals surface area contributed by atoms with E-state index in [4.69, 9.17) is 4.74 Å². The minimum atomic E-state index is -4.51. The second-order valence-electron chi connectivity index (χ2n) is 6.71. The fourth-order valence-electron chi connectivity index (χ4n) is 2.83. The van der Waals surface area contributed by atoms with Crippen molar-refractivity contribution in [2.75, 3.05) is 11.9 Å². The van der Waals surface area contributed by atoms with Crippen molar-refractivity contribution >= 4 is 29.2 Å². The number of hydrogen-bond donors (Lipinski definition) is 2. The molecule has 1 heterocycles. The monoisotopic (exact) mass is 445 g/mol. The topological polar surface area (TPSA) is 89.4 Å². The van der Waals surface area contributed by atoms with Crippen molar-refractivity contribution in [3.8, 4) is 0 Å². The Morgan fingerprint density at radius 3 is 2.44 bits per heavy atom. The molecule has 0 saturated heterocycles. The number of amides is 2. The van der Waals surface area contributed by atoms with Crippen LogP contribution in [0.1, 0.15) is 26.4 Å². The molecule has 0 bridgehead atoms. The highest BCUT2D eigenvalue weighted by atomic mass is 19.4. The van der Waals surface area contributed by atoms with Crippen LogP contribution in [0.15, 0.2) is 66.9 Å². The number of aryl methyl sites for hydroxylation is 1. The van der Waals surface area contributed by atoms with Gasteiger partial charge in [-0.05, 0) is 42.5 Å². The Kier molecular flexibility index (Phi) is 6.62.